The van der Waals surface area contributed by atoms with Crippen molar-refractivity contribution in [2.45, 2.75) is 13.8 Å². The van der Waals surface area contributed by atoms with Crippen molar-refractivity contribution in [2.75, 3.05) is 5.32 Å². The number of fused-ring (bicyclic) bond motifs is 1. The Morgan fingerprint density at radius 3 is 2.87 bits per heavy atom. The van der Waals surface area contributed by atoms with Crippen molar-refractivity contribution < 1.29 is 18.3 Å². The number of esters is 1. The zero-order chi connectivity index (χ0) is 16.6. The lowest BCUT2D eigenvalue weighted by Crippen LogP contribution is -2.03. The monoisotopic (exact) mass is 334 g/mol. The lowest BCUT2D eigenvalue weighted by Gasteiger charge is -2.05. The molecule has 7 heteroatoms. The van der Waals surface area contributed by atoms with Crippen LogP contribution in [0.2, 0.25) is 5.02 Å². The summed E-state index contributed by atoms with van der Waals surface area (Å²) >= 11 is 5.96. The first-order valence-corrected chi connectivity index (χ1v) is 7.12. The van der Waals surface area contributed by atoms with Crippen molar-refractivity contribution in [2.24, 2.45) is 0 Å². The van der Waals surface area contributed by atoms with Crippen LogP contribution in [-0.4, -0.2) is 11.0 Å². The Bertz CT molecular complexity index is 908. The number of anilines is 2. The number of benzene rings is 2. The molecule has 0 bridgehead atoms. The molecule has 0 fully saturated rings. The Hall–Kier alpha value is -2.60. The highest BCUT2D eigenvalue weighted by Gasteiger charge is 2.16. The van der Waals surface area contributed by atoms with Crippen LogP contribution in [0.25, 0.3) is 11.1 Å². The van der Waals surface area contributed by atoms with Gasteiger partial charge in [-0.2, -0.15) is 9.37 Å². The number of oxazole rings is 1. The lowest BCUT2D eigenvalue weighted by atomic mass is 10.2. The van der Waals surface area contributed by atoms with E-state index in [1.54, 1.807) is 12.1 Å². The van der Waals surface area contributed by atoms with Gasteiger partial charge in [-0.15, -0.1) is 0 Å². The number of ether oxygens (including phenoxy) is 1. The molecule has 0 saturated carbocycles. The van der Waals surface area contributed by atoms with Gasteiger partial charge in [0.05, 0.1) is 0 Å². The van der Waals surface area contributed by atoms with E-state index < -0.39 is 11.8 Å². The van der Waals surface area contributed by atoms with Gasteiger partial charge in [0, 0.05) is 17.6 Å². The smallest absolute Gasteiger partial charge is 0.308 e. The van der Waals surface area contributed by atoms with E-state index in [0.717, 1.165) is 5.56 Å². The summed E-state index contributed by atoms with van der Waals surface area (Å²) in [4.78, 5) is 15.1. The number of carbonyl (C=O) groups excluding carboxylic acids is 1. The van der Waals surface area contributed by atoms with E-state index in [1.165, 1.54) is 19.1 Å². The van der Waals surface area contributed by atoms with Crippen molar-refractivity contribution in [1.29, 1.82) is 0 Å². The van der Waals surface area contributed by atoms with Gasteiger partial charge >= 0.3 is 5.97 Å². The van der Waals surface area contributed by atoms with Crippen molar-refractivity contribution in [1.82, 2.24) is 4.98 Å². The van der Waals surface area contributed by atoms with Crippen molar-refractivity contribution in [3.05, 3.63) is 46.7 Å². The summed E-state index contributed by atoms with van der Waals surface area (Å²) in [5.41, 5.74) is 1.84. The van der Waals surface area contributed by atoms with Gasteiger partial charge in [-0.3, -0.25) is 4.79 Å². The Labute approximate surface area is 136 Å². The van der Waals surface area contributed by atoms with E-state index >= 15 is 0 Å². The third-order valence-corrected chi connectivity index (χ3v) is 3.39. The molecule has 5 nitrogen and oxygen atoms in total. The highest BCUT2D eigenvalue weighted by atomic mass is 35.5. The van der Waals surface area contributed by atoms with Crippen LogP contribution in [0.5, 0.6) is 5.75 Å². The summed E-state index contributed by atoms with van der Waals surface area (Å²) < 4.78 is 24.4. The van der Waals surface area contributed by atoms with E-state index in [9.17, 15) is 9.18 Å². The number of halogens is 2. The fraction of sp³-hybridized carbons (Fsp3) is 0.125. The van der Waals surface area contributed by atoms with Gasteiger partial charge in [-0.1, -0.05) is 17.7 Å². The second-order valence-electron chi connectivity index (χ2n) is 4.92. The molecule has 1 N–H and O–H groups in total. The fourth-order valence-electron chi connectivity index (χ4n) is 2.07. The van der Waals surface area contributed by atoms with Crippen LogP contribution in [0.15, 0.2) is 34.7 Å². The molecule has 0 radical (unpaired) electrons. The van der Waals surface area contributed by atoms with Crippen LogP contribution in [0.1, 0.15) is 12.5 Å². The number of aryl methyl sites for hydroxylation is 1. The van der Waals surface area contributed by atoms with Crippen molar-refractivity contribution in [3.8, 4) is 5.75 Å². The maximum atomic E-state index is 14.3. The van der Waals surface area contributed by atoms with E-state index in [2.05, 4.69) is 10.3 Å². The highest BCUT2D eigenvalue weighted by Crippen LogP contribution is 2.31. The summed E-state index contributed by atoms with van der Waals surface area (Å²) in [5.74, 6) is -1.59. The predicted molar refractivity (Wildman–Crippen MR) is 84.7 cm³/mol. The molecule has 0 aliphatic heterocycles. The Morgan fingerprint density at radius 2 is 2.13 bits per heavy atom. The molecule has 118 valence electrons. The molecule has 0 aliphatic rings. The van der Waals surface area contributed by atoms with Crippen molar-refractivity contribution >= 4 is 40.4 Å². The molecule has 3 aromatic rings. The zero-order valence-electron chi connectivity index (χ0n) is 12.3. The quantitative estimate of drug-likeness (QED) is 0.560. The summed E-state index contributed by atoms with van der Waals surface area (Å²) in [6, 6.07) is 8.27. The van der Waals surface area contributed by atoms with Crippen LogP contribution in [-0.2, 0) is 4.79 Å². The molecule has 23 heavy (non-hydrogen) atoms. The summed E-state index contributed by atoms with van der Waals surface area (Å²) in [7, 11) is 0. The van der Waals surface area contributed by atoms with E-state index in [-0.39, 0.29) is 17.3 Å². The van der Waals surface area contributed by atoms with E-state index in [0.29, 0.717) is 16.2 Å². The third-order valence-electron chi connectivity index (χ3n) is 3.16. The van der Waals surface area contributed by atoms with E-state index in [4.69, 9.17) is 20.8 Å². The minimum atomic E-state index is -0.777. The molecular formula is C16H12ClFN2O3. The molecule has 0 spiro atoms. The molecule has 0 amide bonds. The van der Waals surface area contributed by atoms with Gasteiger partial charge in [0.25, 0.3) is 6.01 Å². The van der Waals surface area contributed by atoms with Gasteiger partial charge in [-0.25, -0.2) is 0 Å². The molecule has 2 aromatic carbocycles. The Balaban J connectivity index is 1.98. The lowest BCUT2D eigenvalue weighted by molar-refractivity contribution is -0.132. The number of nitrogens with zero attached hydrogens (tertiary/aromatic N) is 1. The number of hydrogen-bond donors (Lipinski definition) is 1. The maximum absolute atomic E-state index is 14.3. The maximum Gasteiger partial charge on any atom is 0.308 e. The number of aromatic nitrogens is 1. The first-order chi connectivity index (χ1) is 10.9. The van der Waals surface area contributed by atoms with Gasteiger partial charge in [-0.05, 0) is 36.8 Å². The standard InChI is InChI=1S/C16H12ClFN2O3/c1-8-3-4-10(17)7-12(8)20-16-19-11-5-6-13(22-9(2)21)14(18)15(11)23-16/h3-7H,1-2H3,(H,19,20). The summed E-state index contributed by atoms with van der Waals surface area (Å²) in [5, 5.41) is 3.51. The second-order valence-corrected chi connectivity index (χ2v) is 5.36. The van der Waals surface area contributed by atoms with Gasteiger partial charge in [0.1, 0.15) is 5.52 Å². The first kappa shape index (κ1) is 15.3. The van der Waals surface area contributed by atoms with Crippen LogP contribution in [0.4, 0.5) is 16.1 Å². The normalized spacial score (nSPS) is 10.8. The summed E-state index contributed by atoms with van der Waals surface area (Å²) in [6.07, 6.45) is 0. The van der Waals surface area contributed by atoms with E-state index in [1.807, 2.05) is 13.0 Å². The molecule has 0 unspecified atom stereocenters. The molecule has 0 aliphatic carbocycles. The highest BCUT2D eigenvalue weighted by molar-refractivity contribution is 6.30. The molecular weight excluding hydrogens is 323 g/mol. The largest absolute Gasteiger partial charge is 0.423 e. The third kappa shape index (κ3) is 3.12. The SMILES string of the molecule is CC(=O)Oc1ccc2nc(Nc3cc(Cl)ccc3C)oc2c1F. The van der Waals surface area contributed by atoms with Gasteiger partial charge in [0.2, 0.25) is 5.82 Å². The molecule has 3 rings (SSSR count). The predicted octanol–water partition coefficient (Wildman–Crippen LogP) is 4.60. The van der Waals surface area contributed by atoms with Crippen LogP contribution >= 0.6 is 11.6 Å². The molecule has 0 atom stereocenters. The molecule has 0 saturated heterocycles. The zero-order valence-corrected chi connectivity index (χ0v) is 13.1. The number of carbonyl (C=O) groups is 1. The topological polar surface area (TPSA) is 64.4 Å². The molecule has 1 aromatic heterocycles. The van der Waals surface area contributed by atoms with Crippen LogP contribution in [0, 0.1) is 12.7 Å². The average molecular weight is 335 g/mol. The molecule has 1 heterocycles. The first-order valence-electron chi connectivity index (χ1n) is 6.74. The number of nitrogens with one attached hydrogen (secondary N) is 1. The van der Waals surface area contributed by atoms with Gasteiger partial charge in [0.15, 0.2) is 11.3 Å². The Kier molecular flexibility index (Phi) is 3.92. The Morgan fingerprint density at radius 1 is 1.35 bits per heavy atom. The van der Waals surface area contributed by atoms with Gasteiger partial charge < -0.3 is 14.5 Å². The fourth-order valence-corrected chi connectivity index (χ4v) is 2.25. The van der Waals surface area contributed by atoms with Crippen molar-refractivity contribution in [3.63, 3.8) is 0 Å². The number of rotatable bonds is 3. The van der Waals surface area contributed by atoms with Crippen LogP contribution in [0.3, 0.4) is 0 Å². The summed E-state index contributed by atoms with van der Waals surface area (Å²) in [6.45, 7) is 3.08. The minimum Gasteiger partial charge on any atom is -0.423 e. The average Bonchev–Trinajstić information content (AvgIpc) is 2.89. The minimum absolute atomic E-state index is 0.0917. The second kappa shape index (κ2) is 5.89. The van der Waals surface area contributed by atoms with Crippen LogP contribution < -0.4 is 10.1 Å². The number of hydrogen-bond acceptors (Lipinski definition) is 5.